The lowest BCUT2D eigenvalue weighted by molar-refractivity contribution is 0.567. The van der Waals surface area contributed by atoms with Gasteiger partial charge in [-0.2, -0.15) is 9.61 Å². The summed E-state index contributed by atoms with van der Waals surface area (Å²) in [5, 5.41) is 15.4. The first-order valence-electron chi connectivity index (χ1n) is 10.6. The molecule has 0 fully saturated rings. The Balaban J connectivity index is 1.59. The molecule has 166 valence electrons. The van der Waals surface area contributed by atoms with Crippen LogP contribution in [0.5, 0.6) is 0 Å². The lowest BCUT2D eigenvalue weighted by Crippen LogP contribution is -2.27. The molecular weight excluding hydrogens is 434 g/mol. The molecule has 2 heterocycles. The van der Waals surface area contributed by atoms with Crippen molar-refractivity contribution < 1.29 is 8.42 Å². The van der Waals surface area contributed by atoms with Crippen molar-refractivity contribution in [3.05, 3.63) is 89.6 Å². The molecule has 0 bridgehead atoms. The number of aryl methyl sites for hydroxylation is 2. The van der Waals surface area contributed by atoms with Gasteiger partial charge >= 0.3 is 0 Å². The minimum Gasteiger partial charge on any atom is -0.207 e. The van der Waals surface area contributed by atoms with Gasteiger partial charge < -0.3 is 0 Å². The molecule has 8 heteroatoms. The predicted molar refractivity (Wildman–Crippen MR) is 128 cm³/mol. The molecule has 5 aromatic rings. The van der Waals surface area contributed by atoms with Crippen LogP contribution < -0.4 is 4.72 Å². The van der Waals surface area contributed by atoms with E-state index >= 15 is 0 Å². The number of fused-ring (bicyclic) bond motifs is 3. The van der Waals surface area contributed by atoms with Crippen LogP contribution in [-0.2, 0) is 10.0 Å². The Labute approximate surface area is 192 Å². The van der Waals surface area contributed by atoms with Gasteiger partial charge in [0.05, 0.1) is 10.6 Å². The standard InChI is InChI=1S/C25H23N5O2S/c1-16-13-14-20(33(31,32)29-17(2)19-9-5-4-6-10-19)15-23(16)25-27-26-24-22-12-8-7-11-21(22)18(3)28-30(24)25/h4-15,17,29H,1-3H3/t17-/m0/s1. The Morgan fingerprint density at radius 2 is 1.58 bits per heavy atom. The first kappa shape index (κ1) is 21.2. The maximum absolute atomic E-state index is 13.2. The monoisotopic (exact) mass is 457 g/mol. The van der Waals surface area contributed by atoms with Crippen LogP contribution >= 0.6 is 0 Å². The number of rotatable bonds is 5. The van der Waals surface area contributed by atoms with Crippen molar-refractivity contribution in [1.29, 1.82) is 0 Å². The summed E-state index contributed by atoms with van der Waals surface area (Å²) in [5.74, 6) is 0.504. The molecular formula is C25H23N5O2S. The van der Waals surface area contributed by atoms with Gasteiger partial charge in [-0.25, -0.2) is 13.1 Å². The fourth-order valence-electron chi connectivity index (χ4n) is 4.03. The Kier molecular flexibility index (Phi) is 5.19. The summed E-state index contributed by atoms with van der Waals surface area (Å²) in [7, 11) is -3.76. The summed E-state index contributed by atoms with van der Waals surface area (Å²) in [6.45, 7) is 5.68. The molecule has 7 nitrogen and oxygen atoms in total. The second kappa shape index (κ2) is 8.06. The highest BCUT2D eigenvalue weighted by Crippen LogP contribution is 2.28. The van der Waals surface area contributed by atoms with Crippen LogP contribution in [0.3, 0.4) is 0 Å². The molecule has 0 saturated carbocycles. The van der Waals surface area contributed by atoms with Crippen molar-refractivity contribution >= 4 is 26.4 Å². The molecule has 1 N–H and O–H groups in total. The molecule has 0 amide bonds. The highest BCUT2D eigenvalue weighted by atomic mass is 32.2. The average Bonchev–Trinajstić information content (AvgIpc) is 3.23. The second-order valence-electron chi connectivity index (χ2n) is 8.12. The topological polar surface area (TPSA) is 89.2 Å². The Hall–Kier alpha value is -3.62. The third-order valence-corrected chi connectivity index (χ3v) is 7.38. The minimum atomic E-state index is -3.76. The van der Waals surface area contributed by atoms with E-state index in [9.17, 15) is 8.42 Å². The van der Waals surface area contributed by atoms with Gasteiger partial charge in [0.25, 0.3) is 0 Å². The number of hydrogen-bond acceptors (Lipinski definition) is 5. The molecule has 0 unspecified atom stereocenters. The molecule has 0 saturated heterocycles. The maximum atomic E-state index is 13.2. The van der Waals surface area contributed by atoms with Gasteiger partial charge in [0.2, 0.25) is 10.0 Å². The van der Waals surface area contributed by atoms with E-state index in [0.717, 1.165) is 27.6 Å². The summed E-state index contributed by atoms with van der Waals surface area (Å²) in [4.78, 5) is 0.167. The molecule has 0 aliphatic heterocycles. The quantitative estimate of drug-likeness (QED) is 0.417. The van der Waals surface area contributed by atoms with Crippen LogP contribution in [0.1, 0.15) is 29.8 Å². The molecule has 0 spiro atoms. The molecule has 1 atom stereocenters. The van der Waals surface area contributed by atoms with Gasteiger partial charge in [0.1, 0.15) is 0 Å². The summed E-state index contributed by atoms with van der Waals surface area (Å²) in [6.07, 6.45) is 0. The third kappa shape index (κ3) is 3.77. The van der Waals surface area contributed by atoms with Crippen molar-refractivity contribution in [3.63, 3.8) is 0 Å². The lowest BCUT2D eigenvalue weighted by Gasteiger charge is -2.15. The van der Waals surface area contributed by atoms with Crippen LogP contribution in [0, 0.1) is 13.8 Å². The number of aromatic nitrogens is 4. The number of nitrogens with zero attached hydrogens (tertiary/aromatic N) is 4. The SMILES string of the molecule is Cc1ccc(S(=O)(=O)N[C@@H](C)c2ccccc2)cc1-c1nnc2c3ccccc3c(C)nn12. The van der Waals surface area contributed by atoms with E-state index in [-0.39, 0.29) is 10.9 Å². The van der Waals surface area contributed by atoms with Crippen LogP contribution in [0.2, 0.25) is 0 Å². The maximum Gasteiger partial charge on any atom is 0.241 e. The van der Waals surface area contributed by atoms with Crippen LogP contribution in [0.15, 0.2) is 77.7 Å². The fourth-order valence-corrected chi connectivity index (χ4v) is 5.29. The molecule has 3 aromatic carbocycles. The van der Waals surface area contributed by atoms with Gasteiger partial charge in [0.15, 0.2) is 11.5 Å². The van der Waals surface area contributed by atoms with Crippen molar-refractivity contribution in [2.75, 3.05) is 0 Å². The molecule has 0 radical (unpaired) electrons. The third-order valence-electron chi connectivity index (χ3n) is 5.84. The number of hydrogen-bond donors (Lipinski definition) is 1. The van der Waals surface area contributed by atoms with Crippen molar-refractivity contribution in [2.45, 2.75) is 31.7 Å². The molecule has 2 aromatic heterocycles. The summed E-state index contributed by atoms with van der Waals surface area (Å²) in [5.41, 5.74) is 3.92. The van der Waals surface area contributed by atoms with E-state index in [1.165, 1.54) is 0 Å². The summed E-state index contributed by atoms with van der Waals surface area (Å²) < 4.78 is 30.8. The first-order valence-corrected chi connectivity index (χ1v) is 12.1. The second-order valence-corrected chi connectivity index (χ2v) is 9.83. The Morgan fingerprint density at radius 1 is 0.879 bits per heavy atom. The number of benzene rings is 3. The first-order chi connectivity index (χ1) is 15.8. The molecule has 33 heavy (non-hydrogen) atoms. The van der Waals surface area contributed by atoms with E-state index in [1.54, 1.807) is 22.7 Å². The van der Waals surface area contributed by atoms with Crippen molar-refractivity contribution in [2.24, 2.45) is 0 Å². The average molecular weight is 458 g/mol. The Bertz CT molecular complexity index is 1590. The van der Waals surface area contributed by atoms with Gasteiger partial charge in [-0.05, 0) is 44.0 Å². The van der Waals surface area contributed by atoms with Crippen LogP contribution in [0.4, 0.5) is 0 Å². The highest BCUT2D eigenvalue weighted by Gasteiger charge is 2.22. The number of sulfonamides is 1. The van der Waals surface area contributed by atoms with Gasteiger partial charge in [-0.1, -0.05) is 60.7 Å². The number of nitrogens with one attached hydrogen (secondary N) is 1. The van der Waals surface area contributed by atoms with E-state index in [1.807, 2.05) is 75.4 Å². The van der Waals surface area contributed by atoms with E-state index < -0.39 is 10.0 Å². The largest absolute Gasteiger partial charge is 0.241 e. The fraction of sp³-hybridized carbons (Fsp3) is 0.160. The summed E-state index contributed by atoms with van der Waals surface area (Å²) >= 11 is 0. The minimum absolute atomic E-state index is 0.167. The van der Waals surface area contributed by atoms with E-state index in [0.29, 0.717) is 17.0 Å². The van der Waals surface area contributed by atoms with Crippen LogP contribution in [0.25, 0.3) is 27.8 Å². The predicted octanol–water partition coefficient (Wildman–Crippen LogP) is 4.60. The highest BCUT2D eigenvalue weighted by molar-refractivity contribution is 7.89. The van der Waals surface area contributed by atoms with Crippen LogP contribution in [-0.4, -0.2) is 28.2 Å². The zero-order chi connectivity index (χ0) is 23.2. The summed E-state index contributed by atoms with van der Waals surface area (Å²) in [6, 6.07) is 22.0. The van der Waals surface area contributed by atoms with E-state index in [2.05, 4.69) is 20.0 Å². The van der Waals surface area contributed by atoms with Gasteiger partial charge in [0, 0.05) is 22.4 Å². The molecule has 0 aliphatic rings. The van der Waals surface area contributed by atoms with Gasteiger partial charge in [-0.15, -0.1) is 10.2 Å². The smallest absolute Gasteiger partial charge is 0.207 e. The van der Waals surface area contributed by atoms with Gasteiger partial charge in [-0.3, -0.25) is 0 Å². The van der Waals surface area contributed by atoms with Crippen molar-refractivity contribution in [3.8, 4) is 11.4 Å². The lowest BCUT2D eigenvalue weighted by atomic mass is 10.1. The van der Waals surface area contributed by atoms with E-state index in [4.69, 9.17) is 0 Å². The zero-order valence-electron chi connectivity index (χ0n) is 18.5. The molecule has 0 aliphatic carbocycles. The Morgan fingerprint density at radius 3 is 2.33 bits per heavy atom. The van der Waals surface area contributed by atoms with Crippen molar-refractivity contribution in [1.82, 2.24) is 24.5 Å². The normalized spacial score (nSPS) is 12.9. The zero-order valence-corrected chi connectivity index (χ0v) is 19.3. The molecule has 5 rings (SSSR count).